The van der Waals surface area contributed by atoms with Crippen molar-refractivity contribution in [2.24, 2.45) is 0 Å². The molecule has 2 N–H and O–H groups in total. The third kappa shape index (κ3) is 9.31. The average Bonchev–Trinajstić information content (AvgIpc) is 2.79. The number of benzene rings is 2. The Labute approximate surface area is 195 Å². The van der Waals surface area contributed by atoms with E-state index in [9.17, 15) is 18.3 Å². The summed E-state index contributed by atoms with van der Waals surface area (Å²) in [5, 5.41) is 18.5. The molecule has 0 aliphatic carbocycles. The standard InChI is InChI=1S/C24H32O8S/c1-2-30-14-5-3-4-6-15-31-19-8-11-21(12-9-19)33(28,29)17-7-16-32-20-10-13-23(25)22(18-20)24(26)27/h8-13,18,25H,2-7,14-17H2,1H3,(H,26,27). The highest BCUT2D eigenvalue weighted by Crippen LogP contribution is 2.23. The highest BCUT2D eigenvalue weighted by atomic mass is 32.2. The number of aromatic carboxylic acids is 1. The van der Waals surface area contributed by atoms with Gasteiger partial charge in [-0.2, -0.15) is 0 Å². The third-order valence-electron chi connectivity index (χ3n) is 4.86. The van der Waals surface area contributed by atoms with E-state index in [0.29, 0.717) is 12.4 Å². The Morgan fingerprint density at radius 3 is 2.12 bits per heavy atom. The number of carboxylic acids is 1. The molecule has 0 atom stereocenters. The Balaban J connectivity index is 1.72. The van der Waals surface area contributed by atoms with Crippen molar-refractivity contribution >= 4 is 15.8 Å². The maximum Gasteiger partial charge on any atom is 0.339 e. The van der Waals surface area contributed by atoms with Gasteiger partial charge in [-0.15, -0.1) is 0 Å². The van der Waals surface area contributed by atoms with Crippen molar-refractivity contribution in [1.82, 2.24) is 0 Å². The van der Waals surface area contributed by atoms with Gasteiger partial charge in [0.25, 0.3) is 0 Å². The number of ether oxygens (including phenoxy) is 3. The molecule has 0 unspecified atom stereocenters. The number of rotatable bonds is 16. The van der Waals surface area contributed by atoms with Crippen molar-refractivity contribution in [2.45, 2.75) is 43.9 Å². The predicted molar refractivity (Wildman–Crippen MR) is 124 cm³/mol. The molecule has 182 valence electrons. The molecule has 0 fully saturated rings. The Bertz CT molecular complexity index is 970. The maximum absolute atomic E-state index is 12.5. The lowest BCUT2D eigenvalue weighted by atomic mass is 10.2. The van der Waals surface area contributed by atoms with E-state index in [4.69, 9.17) is 19.3 Å². The molecule has 8 nitrogen and oxygen atoms in total. The van der Waals surface area contributed by atoms with Crippen molar-refractivity contribution in [3.8, 4) is 17.2 Å². The van der Waals surface area contributed by atoms with Crippen LogP contribution in [0.4, 0.5) is 0 Å². The number of hydrogen-bond acceptors (Lipinski definition) is 7. The second kappa shape index (κ2) is 13.7. The monoisotopic (exact) mass is 480 g/mol. The van der Waals surface area contributed by atoms with Crippen molar-refractivity contribution in [3.05, 3.63) is 48.0 Å². The molecule has 33 heavy (non-hydrogen) atoms. The zero-order valence-electron chi connectivity index (χ0n) is 18.9. The van der Waals surface area contributed by atoms with Crippen LogP contribution in [0.3, 0.4) is 0 Å². The topological polar surface area (TPSA) is 119 Å². The van der Waals surface area contributed by atoms with E-state index in [0.717, 1.165) is 38.9 Å². The second-order valence-electron chi connectivity index (χ2n) is 7.44. The third-order valence-corrected chi connectivity index (χ3v) is 6.68. The molecule has 0 amide bonds. The number of carbonyl (C=O) groups is 1. The summed E-state index contributed by atoms with van der Waals surface area (Å²) in [6, 6.07) is 10.2. The molecule has 0 spiro atoms. The number of sulfone groups is 1. The molecule has 0 heterocycles. The first-order valence-electron chi connectivity index (χ1n) is 11.1. The molecular weight excluding hydrogens is 448 g/mol. The van der Waals surface area contributed by atoms with Gasteiger partial charge in [0, 0.05) is 13.2 Å². The van der Waals surface area contributed by atoms with Crippen LogP contribution < -0.4 is 9.47 Å². The minimum absolute atomic E-state index is 0.0921. The Kier molecular flexibility index (Phi) is 11.0. The summed E-state index contributed by atoms with van der Waals surface area (Å²) in [7, 11) is -3.48. The summed E-state index contributed by atoms with van der Waals surface area (Å²) in [6.45, 7) is 4.20. The van der Waals surface area contributed by atoms with Crippen LogP contribution in [0, 0.1) is 0 Å². The van der Waals surface area contributed by atoms with Gasteiger partial charge in [0.2, 0.25) is 0 Å². The SMILES string of the molecule is CCOCCCCCCOc1ccc(S(=O)(=O)CCCOc2ccc(O)c(C(=O)O)c2)cc1. The van der Waals surface area contributed by atoms with Gasteiger partial charge in [-0.25, -0.2) is 13.2 Å². The van der Waals surface area contributed by atoms with E-state index in [2.05, 4.69) is 0 Å². The van der Waals surface area contributed by atoms with Gasteiger partial charge in [-0.05, 0) is 75.1 Å². The lowest BCUT2D eigenvalue weighted by Gasteiger charge is -2.10. The Morgan fingerprint density at radius 2 is 1.45 bits per heavy atom. The predicted octanol–water partition coefficient (Wildman–Crippen LogP) is 4.31. The second-order valence-corrected chi connectivity index (χ2v) is 9.55. The van der Waals surface area contributed by atoms with Crippen molar-refractivity contribution in [2.75, 3.05) is 32.2 Å². The minimum Gasteiger partial charge on any atom is -0.507 e. The first-order chi connectivity index (χ1) is 15.8. The zero-order valence-corrected chi connectivity index (χ0v) is 19.7. The van der Waals surface area contributed by atoms with Crippen molar-refractivity contribution < 1.29 is 37.6 Å². The van der Waals surface area contributed by atoms with E-state index >= 15 is 0 Å². The van der Waals surface area contributed by atoms with Gasteiger partial charge < -0.3 is 24.4 Å². The fraction of sp³-hybridized carbons (Fsp3) is 0.458. The Hall–Kier alpha value is -2.78. The van der Waals surface area contributed by atoms with Gasteiger partial charge in [0.1, 0.15) is 22.8 Å². The summed E-state index contributed by atoms with van der Waals surface area (Å²) in [5.41, 5.74) is -0.274. The lowest BCUT2D eigenvalue weighted by Crippen LogP contribution is -2.11. The van der Waals surface area contributed by atoms with E-state index in [1.807, 2.05) is 6.92 Å². The highest BCUT2D eigenvalue weighted by molar-refractivity contribution is 7.91. The van der Waals surface area contributed by atoms with Gasteiger partial charge >= 0.3 is 5.97 Å². The first-order valence-corrected chi connectivity index (χ1v) is 12.7. The van der Waals surface area contributed by atoms with E-state index < -0.39 is 15.8 Å². The lowest BCUT2D eigenvalue weighted by molar-refractivity contribution is 0.0693. The number of hydrogen-bond donors (Lipinski definition) is 2. The number of phenols is 1. The number of unbranched alkanes of at least 4 members (excludes halogenated alkanes) is 3. The maximum atomic E-state index is 12.5. The normalized spacial score (nSPS) is 11.3. The molecular formula is C24H32O8S. The fourth-order valence-electron chi connectivity index (χ4n) is 3.07. The van der Waals surface area contributed by atoms with Crippen LogP contribution in [0.15, 0.2) is 47.4 Å². The number of aromatic hydroxyl groups is 1. The van der Waals surface area contributed by atoms with E-state index in [-0.39, 0.29) is 40.7 Å². The van der Waals surface area contributed by atoms with E-state index in [1.165, 1.54) is 30.3 Å². The molecule has 0 aliphatic heterocycles. The molecule has 0 saturated carbocycles. The molecule has 2 aromatic rings. The van der Waals surface area contributed by atoms with Crippen LogP contribution in [0.1, 0.15) is 49.4 Å². The molecule has 0 bridgehead atoms. The average molecular weight is 481 g/mol. The summed E-state index contributed by atoms with van der Waals surface area (Å²) < 4.78 is 41.5. The quantitative estimate of drug-likeness (QED) is 0.341. The van der Waals surface area contributed by atoms with Gasteiger partial charge in [-0.3, -0.25) is 0 Å². The smallest absolute Gasteiger partial charge is 0.339 e. The molecule has 0 aliphatic rings. The van der Waals surface area contributed by atoms with Gasteiger partial charge in [0.15, 0.2) is 9.84 Å². The minimum atomic E-state index is -3.48. The van der Waals surface area contributed by atoms with Gasteiger partial charge in [-0.1, -0.05) is 6.42 Å². The zero-order chi connectivity index (χ0) is 24.1. The van der Waals surface area contributed by atoms with Crippen LogP contribution in [0.2, 0.25) is 0 Å². The Morgan fingerprint density at radius 1 is 0.848 bits per heavy atom. The molecule has 0 radical (unpaired) electrons. The first kappa shape index (κ1) is 26.5. The van der Waals surface area contributed by atoms with Crippen LogP contribution in [0.5, 0.6) is 17.2 Å². The van der Waals surface area contributed by atoms with Gasteiger partial charge in [0.05, 0.1) is 23.9 Å². The highest BCUT2D eigenvalue weighted by Gasteiger charge is 2.15. The van der Waals surface area contributed by atoms with Crippen LogP contribution in [-0.4, -0.2) is 56.8 Å². The molecule has 0 aromatic heterocycles. The van der Waals surface area contributed by atoms with Crippen molar-refractivity contribution in [3.63, 3.8) is 0 Å². The van der Waals surface area contributed by atoms with Crippen molar-refractivity contribution in [1.29, 1.82) is 0 Å². The van der Waals surface area contributed by atoms with Crippen LogP contribution >= 0.6 is 0 Å². The molecule has 2 aromatic carbocycles. The summed E-state index contributed by atoms with van der Waals surface area (Å²) in [4.78, 5) is 11.3. The van der Waals surface area contributed by atoms with E-state index in [1.54, 1.807) is 12.1 Å². The summed E-state index contributed by atoms with van der Waals surface area (Å²) in [6.07, 6.45) is 4.36. The molecule has 9 heteroatoms. The van der Waals surface area contributed by atoms with Crippen LogP contribution in [0.25, 0.3) is 0 Å². The summed E-state index contributed by atoms with van der Waals surface area (Å²) >= 11 is 0. The largest absolute Gasteiger partial charge is 0.507 e. The van der Waals surface area contributed by atoms with Crippen LogP contribution in [-0.2, 0) is 14.6 Å². The molecule has 2 rings (SSSR count). The fourth-order valence-corrected chi connectivity index (χ4v) is 4.35. The number of carboxylic acid groups (broad SMARTS) is 1. The summed E-state index contributed by atoms with van der Waals surface area (Å²) in [5.74, 6) is -0.863. The molecule has 0 saturated heterocycles.